The van der Waals surface area contributed by atoms with E-state index in [4.69, 9.17) is 20.5 Å². The zero-order chi connectivity index (χ0) is 68.1. The molecule has 2 aromatic heterocycles. The summed E-state index contributed by atoms with van der Waals surface area (Å²) in [6.45, 7) is 30.8. The highest BCUT2D eigenvalue weighted by molar-refractivity contribution is 7.53. The maximum atomic E-state index is 14.8. The van der Waals surface area contributed by atoms with Crippen molar-refractivity contribution in [1.82, 2.24) is 35.5 Å². The van der Waals surface area contributed by atoms with Crippen molar-refractivity contribution in [3.05, 3.63) is 40.3 Å². The molecule has 0 saturated heterocycles. The molecule has 0 aliphatic heterocycles. The molecule has 6 unspecified atom stereocenters. The van der Waals surface area contributed by atoms with Crippen molar-refractivity contribution in [3.8, 4) is 0 Å². The molecule has 10 N–H and O–H groups in total. The number of fused-ring (bicyclic) bond motifs is 1. The molecule has 0 saturated carbocycles. The minimum absolute atomic E-state index is 0.112. The van der Waals surface area contributed by atoms with Crippen molar-refractivity contribution in [2.75, 3.05) is 75.0 Å². The maximum Gasteiger partial charge on any atom is 0.330 e. The second kappa shape index (κ2) is 50.5. The number of nitrogens with zero attached hydrogens (tertiary/aromatic N) is 3. The second-order valence-corrected chi connectivity index (χ2v) is 31.6. The number of nitrogens with two attached hydrogens (primary N) is 2. The molecule has 17 nitrogen and oxygen atoms in total. The summed E-state index contributed by atoms with van der Waals surface area (Å²) in [7, 11) is -3.49. The third-order valence-corrected chi connectivity index (χ3v) is 21.0. The first-order chi connectivity index (χ1) is 44.7. The Hall–Kier alpha value is -3.86. The van der Waals surface area contributed by atoms with E-state index in [-0.39, 0.29) is 48.9 Å². The fourth-order valence-corrected chi connectivity index (χ4v) is 14.1. The summed E-state index contributed by atoms with van der Waals surface area (Å²) >= 11 is 0. The smallest absolute Gasteiger partial charge is 0.330 e. The molecule has 0 radical (unpaired) electrons. The molecule has 0 aliphatic rings. The Balaban J connectivity index is 1.65. The third kappa shape index (κ3) is 39.8. The largest absolute Gasteiger partial charge is 0.382 e. The van der Waals surface area contributed by atoms with Gasteiger partial charge in [0.1, 0.15) is 5.52 Å². The maximum absolute atomic E-state index is 14.8. The predicted octanol–water partition coefficient (Wildman–Crippen LogP) is 17.6. The van der Waals surface area contributed by atoms with E-state index in [2.05, 4.69) is 118 Å². The summed E-state index contributed by atoms with van der Waals surface area (Å²) in [5.41, 5.74) is 13.7. The number of imidazole rings is 1. The number of H-pyrrole nitrogens is 1. The highest BCUT2D eigenvalue weighted by Gasteiger charge is 2.27. The van der Waals surface area contributed by atoms with E-state index in [0.29, 0.717) is 73.9 Å². The summed E-state index contributed by atoms with van der Waals surface area (Å²) < 4.78 is 29.0. The van der Waals surface area contributed by atoms with Crippen LogP contribution in [0.2, 0.25) is 0 Å². The van der Waals surface area contributed by atoms with Crippen LogP contribution >= 0.6 is 7.60 Å². The molecule has 0 spiro atoms. The van der Waals surface area contributed by atoms with Gasteiger partial charge in [-0.3, -0.25) is 18.7 Å². The molecule has 0 aliphatic carbocycles. The standard InChI is InChI=1S/C75H140N11O6P/c1-12-13-51-81-74-84-71(77)70-72(85-74)86(75(89)83-70)57-66-40-42-67(43-41-66)82-73(88)68(44-45-69(87)80-52-26-50-78-49-19-17-15-14-16-18-48-76)79-53-27-56-93(90,91-54-46-64(10)38-24-36-62(8)34-22-32-60(6)30-20-28-58(2)3)92-55-47-65(11)39-25-37-63(9)35-23-33-61(7)31-21-29-59(4)5/h40-43,58-65,68,78-79H,12-39,44-57,76H2,1-11H3,(H,80,87)(H,82,88)(H,83,89)(H3,77,81,84,85)/t60?,61?,62?,63?,64?,65?,68-,93?/m0/s1. The van der Waals surface area contributed by atoms with Crippen LogP contribution in [0.5, 0.6) is 0 Å². The summed E-state index contributed by atoms with van der Waals surface area (Å²) in [6.07, 6.45) is 35.7. The van der Waals surface area contributed by atoms with Gasteiger partial charge in [-0.15, -0.1) is 0 Å². The number of hydrogen-bond donors (Lipinski definition) is 8. The van der Waals surface area contributed by atoms with Crippen molar-refractivity contribution in [3.63, 3.8) is 0 Å². The highest BCUT2D eigenvalue weighted by atomic mass is 31.2. The average Bonchev–Trinajstić information content (AvgIpc) is 1.66. The Morgan fingerprint density at radius 3 is 1.58 bits per heavy atom. The summed E-state index contributed by atoms with van der Waals surface area (Å²) in [6, 6.07) is 6.61. The molecular weight excluding hydrogens is 1180 g/mol. The van der Waals surface area contributed by atoms with Crippen LogP contribution < -0.4 is 43.7 Å². The summed E-state index contributed by atoms with van der Waals surface area (Å²) in [5.74, 6) is 5.71. The summed E-state index contributed by atoms with van der Waals surface area (Å²) in [4.78, 5) is 52.5. The van der Waals surface area contributed by atoms with Crippen molar-refractivity contribution in [2.24, 2.45) is 53.1 Å². The minimum atomic E-state index is -3.49. The van der Waals surface area contributed by atoms with Gasteiger partial charge in [0, 0.05) is 25.2 Å². The number of carbonyl (C=O) groups is 2. The van der Waals surface area contributed by atoms with Crippen LogP contribution in [0.3, 0.4) is 0 Å². The molecule has 18 heteroatoms. The van der Waals surface area contributed by atoms with Gasteiger partial charge in [-0.05, 0) is 143 Å². The van der Waals surface area contributed by atoms with E-state index in [1.54, 1.807) is 12.1 Å². The van der Waals surface area contributed by atoms with Crippen LogP contribution in [-0.4, -0.2) is 96.0 Å². The van der Waals surface area contributed by atoms with Gasteiger partial charge in [-0.25, -0.2) is 4.79 Å². The lowest BCUT2D eigenvalue weighted by Gasteiger charge is -2.22. The van der Waals surface area contributed by atoms with Gasteiger partial charge in [0.05, 0.1) is 32.0 Å². The second-order valence-electron chi connectivity index (χ2n) is 29.5. The molecule has 7 atom stereocenters. The number of carbonyl (C=O) groups excluding carboxylic acids is 2. The van der Waals surface area contributed by atoms with Crippen LogP contribution in [0, 0.1) is 47.3 Å². The van der Waals surface area contributed by atoms with Crippen molar-refractivity contribution < 1.29 is 23.2 Å². The molecule has 0 bridgehead atoms. The third-order valence-electron chi connectivity index (χ3n) is 19.0. The van der Waals surface area contributed by atoms with Crippen LogP contribution in [0.4, 0.5) is 17.5 Å². The number of benzene rings is 1. The number of nitrogens with one attached hydrogen (secondary N) is 6. The average molecular weight is 1320 g/mol. The Kier molecular flexibility index (Phi) is 45.3. The van der Waals surface area contributed by atoms with Crippen LogP contribution in [0.15, 0.2) is 29.1 Å². The summed E-state index contributed by atoms with van der Waals surface area (Å²) in [5, 5.41) is 16.3. The minimum Gasteiger partial charge on any atom is -0.382 e. The molecule has 93 heavy (non-hydrogen) atoms. The molecule has 3 aromatic rings. The van der Waals surface area contributed by atoms with Crippen molar-refractivity contribution in [1.29, 1.82) is 0 Å². The first-order valence-electron chi connectivity index (χ1n) is 37.9. The Labute approximate surface area is 566 Å². The first kappa shape index (κ1) is 83.4. The number of nitrogen functional groups attached to an aromatic ring is 1. The molecule has 0 fully saturated rings. The normalized spacial score (nSPS) is 14.9. The molecule has 2 heterocycles. The molecule has 2 amide bonds. The predicted molar refractivity (Wildman–Crippen MR) is 394 cm³/mol. The lowest BCUT2D eigenvalue weighted by Crippen LogP contribution is -2.42. The van der Waals surface area contributed by atoms with Crippen molar-refractivity contribution in [2.45, 2.75) is 294 Å². The van der Waals surface area contributed by atoms with Crippen LogP contribution in [0.1, 0.15) is 287 Å². The fraction of sp³-hybridized carbons (Fsp3) is 0.827. The van der Waals surface area contributed by atoms with Crippen molar-refractivity contribution >= 4 is 48.0 Å². The fourth-order valence-electron chi connectivity index (χ4n) is 12.5. The lowest BCUT2D eigenvalue weighted by molar-refractivity contribution is -0.121. The van der Waals surface area contributed by atoms with Gasteiger partial charge in [0.25, 0.3) is 0 Å². The van der Waals surface area contributed by atoms with E-state index in [1.165, 1.54) is 133 Å². The Morgan fingerprint density at radius 2 is 1.06 bits per heavy atom. The first-order valence-corrected chi connectivity index (χ1v) is 39.6. The molecule has 1 aromatic carbocycles. The molecular formula is C75H140N11O6P. The highest BCUT2D eigenvalue weighted by Crippen LogP contribution is 2.49. The number of aromatic amines is 1. The van der Waals surface area contributed by atoms with Crippen LogP contribution in [-0.2, 0) is 29.7 Å². The van der Waals surface area contributed by atoms with E-state index >= 15 is 0 Å². The quantitative estimate of drug-likeness (QED) is 0.0194. The number of aromatic nitrogens is 4. The van der Waals surface area contributed by atoms with Gasteiger partial charge in [-0.1, -0.05) is 236 Å². The van der Waals surface area contributed by atoms with E-state index in [0.717, 1.165) is 118 Å². The Bertz CT molecular complexity index is 2440. The van der Waals surface area contributed by atoms with Gasteiger partial charge in [-0.2, -0.15) is 9.97 Å². The number of anilines is 3. The van der Waals surface area contributed by atoms with E-state index in [9.17, 15) is 18.9 Å². The van der Waals surface area contributed by atoms with Gasteiger partial charge in [0.2, 0.25) is 17.8 Å². The van der Waals surface area contributed by atoms with E-state index < -0.39 is 13.6 Å². The Morgan fingerprint density at radius 1 is 0.570 bits per heavy atom. The monoisotopic (exact) mass is 1320 g/mol. The SMILES string of the molecule is CCCCNc1nc(N)c2[nH]c(=O)n(Cc3ccc(NC(=O)[C@H](CCC(=O)NCCCNCCCCCCCCN)NCCCP(=O)(OCCC(C)CCCC(C)CCCC(C)CCCC(C)C)OCCC(C)CCCC(C)CCCC(C)CCCC(C)C)cc3)c2n1. The zero-order valence-electron chi connectivity index (χ0n) is 61.1. The van der Waals surface area contributed by atoms with Gasteiger partial charge in [0.15, 0.2) is 11.5 Å². The van der Waals surface area contributed by atoms with Gasteiger partial charge < -0.3 is 52.1 Å². The molecule has 3 rings (SSSR count). The zero-order valence-corrected chi connectivity index (χ0v) is 62.0. The van der Waals surface area contributed by atoms with Gasteiger partial charge >= 0.3 is 13.3 Å². The topological polar surface area (TPSA) is 245 Å². The number of amides is 2. The van der Waals surface area contributed by atoms with E-state index in [1.807, 2.05) is 12.1 Å². The number of unbranched alkanes of at least 4 members (excludes halogenated alkanes) is 6. The molecule has 536 valence electrons. The lowest BCUT2D eigenvalue weighted by atomic mass is 9.91. The number of rotatable bonds is 60. The number of hydrogen-bond acceptors (Lipinski definition) is 13. The van der Waals surface area contributed by atoms with Crippen LogP contribution in [0.25, 0.3) is 11.2 Å².